The summed E-state index contributed by atoms with van der Waals surface area (Å²) in [4.78, 5) is 12.5. The zero-order valence-corrected chi connectivity index (χ0v) is 17.6. The second-order valence-electron chi connectivity index (χ2n) is 7.30. The van der Waals surface area contributed by atoms with Crippen LogP contribution >= 0.6 is 0 Å². The van der Waals surface area contributed by atoms with Crippen molar-refractivity contribution in [1.82, 2.24) is 0 Å². The standard InChI is InChI=1S/C25H24O5/c1-15-16(2)24(28-4)20-14-18-10-6-8-12-22(18)30-25(26)29-21-11-7-5-9-17(21)13-19(20)23(15)27-3/h5-12H,13-14H2,1-4H3. The summed E-state index contributed by atoms with van der Waals surface area (Å²) in [5, 5.41) is 0. The molecule has 0 N–H and O–H groups in total. The largest absolute Gasteiger partial charge is 0.519 e. The molecule has 5 heteroatoms. The maximum Gasteiger partial charge on any atom is 0.519 e. The van der Waals surface area contributed by atoms with Gasteiger partial charge in [-0.05, 0) is 48.2 Å². The Labute approximate surface area is 176 Å². The fraction of sp³-hybridized carbons (Fsp3) is 0.240. The van der Waals surface area contributed by atoms with Crippen LogP contribution in [0.3, 0.4) is 0 Å². The fourth-order valence-electron chi connectivity index (χ4n) is 4.07. The molecule has 30 heavy (non-hydrogen) atoms. The van der Waals surface area contributed by atoms with Crippen LogP contribution in [0.4, 0.5) is 4.79 Å². The van der Waals surface area contributed by atoms with Crippen LogP contribution in [-0.4, -0.2) is 20.4 Å². The van der Waals surface area contributed by atoms with E-state index in [0.717, 1.165) is 44.9 Å². The summed E-state index contributed by atoms with van der Waals surface area (Å²) in [5.74, 6) is 2.57. The maximum absolute atomic E-state index is 12.5. The maximum atomic E-state index is 12.5. The lowest BCUT2D eigenvalue weighted by Gasteiger charge is -2.23. The molecule has 0 saturated heterocycles. The van der Waals surface area contributed by atoms with Gasteiger partial charge in [-0.2, -0.15) is 0 Å². The van der Waals surface area contributed by atoms with E-state index in [4.69, 9.17) is 18.9 Å². The molecule has 0 amide bonds. The minimum absolute atomic E-state index is 0.465. The third-order valence-electron chi connectivity index (χ3n) is 5.63. The summed E-state index contributed by atoms with van der Waals surface area (Å²) in [6, 6.07) is 14.9. The zero-order valence-electron chi connectivity index (χ0n) is 17.6. The van der Waals surface area contributed by atoms with Gasteiger partial charge in [-0.15, -0.1) is 0 Å². The van der Waals surface area contributed by atoms with Gasteiger partial charge in [0.1, 0.15) is 23.0 Å². The first-order valence-corrected chi connectivity index (χ1v) is 9.81. The van der Waals surface area contributed by atoms with E-state index in [1.165, 1.54) is 0 Å². The molecule has 0 bridgehead atoms. The van der Waals surface area contributed by atoms with Crippen molar-refractivity contribution in [3.8, 4) is 23.0 Å². The first-order chi connectivity index (χ1) is 14.5. The van der Waals surface area contributed by atoms with Gasteiger partial charge in [0.2, 0.25) is 0 Å². The molecule has 0 aromatic heterocycles. The number of para-hydroxylation sites is 2. The van der Waals surface area contributed by atoms with Gasteiger partial charge in [-0.1, -0.05) is 36.4 Å². The van der Waals surface area contributed by atoms with E-state index in [-0.39, 0.29) is 0 Å². The Bertz CT molecular complexity index is 1030. The first-order valence-electron chi connectivity index (χ1n) is 9.81. The highest BCUT2D eigenvalue weighted by molar-refractivity contribution is 5.70. The molecule has 0 atom stereocenters. The molecule has 5 nitrogen and oxygen atoms in total. The Balaban J connectivity index is 2.03. The summed E-state index contributed by atoms with van der Waals surface area (Å²) >= 11 is 0. The third-order valence-corrected chi connectivity index (χ3v) is 5.63. The van der Waals surface area contributed by atoms with Crippen LogP contribution in [0.5, 0.6) is 23.0 Å². The van der Waals surface area contributed by atoms with Crippen LogP contribution in [0, 0.1) is 13.8 Å². The lowest BCUT2D eigenvalue weighted by Crippen LogP contribution is -2.15. The minimum atomic E-state index is -0.757. The van der Waals surface area contributed by atoms with Gasteiger partial charge in [-0.3, -0.25) is 0 Å². The van der Waals surface area contributed by atoms with Crippen molar-refractivity contribution in [3.05, 3.63) is 81.9 Å². The molecule has 1 aliphatic rings. The summed E-state index contributed by atoms with van der Waals surface area (Å²) in [6.07, 6.45) is 0.301. The number of ether oxygens (including phenoxy) is 4. The van der Waals surface area contributed by atoms with Crippen LogP contribution in [0.1, 0.15) is 33.4 Å². The molecule has 3 aromatic rings. The van der Waals surface area contributed by atoms with Gasteiger partial charge in [0.15, 0.2) is 0 Å². The van der Waals surface area contributed by atoms with Gasteiger partial charge >= 0.3 is 6.16 Å². The monoisotopic (exact) mass is 404 g/mol. The summed E-state index contributed by atoms with van der Waals surface area (Å²) in [6.45, 7) is 4.07. The van der Waals surface area contributed by atoms with Crippen molar-refractivity contribution in [2.75, 3.05) is 14.2 Å². The summed E-state index contributed by atoms with van der Waals surface area (Å²) in [5.41, 5.74) is 5.81. The molecule has 0 unspecified atom stereocenters. The lowest BCUT2D eigenvalue weighted by atomic mass is 9.88. The number of fused-ring (bicyclic) bond motifs is 3. The molecule has 0 saturated carbocycles. The quantitative estimate of drug-likeness (QED) is 0.423. The van der Waals surface area contributed by atoms with Crippen LogP contribution in [0.15, 0.2) is 48.5 Å². The molecule has 154 valence electrons. The van der Waals surface area contributed by atoms with Gasteiger partial charge in [0.25, 0.3) is 0 Å². The Morgan fingerprint density at radius 3 is 1.50 bits per heavy atom. The minimum Gasteiger partial charge on any atom is -0.496 e. The molecule has 1 aliphatic heterocycles. The van der Waals surface area contributed by atoms with Gasteiger partial charge in [0.05, 0.1) is 14.2 Å². The highest BCUT2D eigenvalue weighted by Gasteiger charge is 2.25. The van der Waals surface area contributed by atoms with Crippen LogP contribution in [-0.2, 0) is 12.8 Å². The van der Waals surface area contributed by atoms with Crippen molar-refractivity contribution in [2.24, 2.45) is 0 Å². The number of carbonyl (C=O) groups is 1. The molecule has 0 aliphatic carbocycles. The zero-order chi connectivity index (χ0) is 21.3. The van der Waals surface area contributed by atoms with Crippen LogP contribution in [0.2, 0.25) is 0 Å². The second kappa shape index (κ2) is 8.11. The SMILES string of the molecule is COc1c(C)c(C)c(OC)c2c1Cc1ccccc1OC(=O)Oc1ccccc1C2. The highest BCUT2D eigenvalue weighted by atomic mass is 16.7. The number of rotatable bonds is 2. The van der Waals surface area contributed by atoms with Crippen molar-refractivity contribution >= 4 is 6.16 Å². The number of hydrogen-bond donors (Lipinski definition) is 0. The highest BCUT2D eigenvalue weighted by Crippen LogP contribution is 2.42. The summed E-state index contributed by atoms with van der Waals surface area (Å²) < 4.78 is 22.8. The van der Waals surface area contributed by atoms with Gasteiger partial charge < -0.3 is 18.9 Å². The van der Waals surface area contributed by atoms with Crippen molar-refractivity contribution < 1.29 is 23.7 Å². The average molecular weight is 404 g/mol. The predicted octanol–water partition coefficient (Wildman–Crippen LogP) is 5.39. The van der Waals surface area contributed by atoms with E-state index in [9.17, 15) is 4.79 Å². The molecular formula is C25H24O5. The fourth-order valence-corrected chi connectivity index (χ4v) is 4.07. The van der Waals surface area contributed by atoms with Crippen molar-refractivity contribution in [2.45, 2.75) is 26.7 Å². The van der Waals surface area contributed by atoms with Gasteiger partial charge in [0, 0.05) is 24.0 Å². The average Bonchev–Trinajstić information content (AvgIpc) is 2.76. The number of carbonyl (C=O) groups excluding carboxylic acids is 1. The molecule has 0 radical (unpaired) electrons. The number of benzene rings is 3. The Morgan fingerprint density at radius 1 is 0.700 bits per heavy atom. The van der Waals surface area contributed by atoms with Crippen molar-refractivity contribution in [3.63, 3.8) is 0 Å². The van der Waals surface area contributed by atoms with Crippen LogP contribution < -0.4 is 18.9 Å². The predicted molar refractivity (Wildman–Crippen MR) is 114 cm³/mol. The van der Waals surface area contributed by atoms with E-state index in [1.807, 2.05) is 50.2 Å². The van der Waals surface area contributed by atoms with Crippen LogP contribution in [0.25, 0.3) is 0 Å². The van der Waals surface area contributed by atoms with E-state index in [1.54, 1.807) is 26.4 Å². The molecule has 0 spiro atoms. The second-order valence-corrected chi connectivity index (χ2v) is 7.30. The lowest BCUT2D eigenvalue weighted by molar-refractivity contribution is 0.151. The van der Waals surface area contributed by atoms with Crippen molar-refractivity contribution in [1.29, 1.82) is 0 Å². The molecule has 0 fully saturated rings. The number of methoxy groups -OCH3 is 2. The Hall–Kier alpha value is -3.47. The Morgan fingerprint density at radius 2 is 1.10 bits per heavy atom. The van der Waals surface area contributed by atoms with E-state index in [2.05, 4.69) is 0 Å². The summed E-state index contributed by atoms with van der Waals surface area (Å²) in [7, 11) is 3.37. The van der Waals surface area contributed by atoms with E-state index >= 15 is 0 Å². The molecule has 4 rings (SSSR count). The first kappa shape index (κ1) is 19.8. The topological polar surface area (TPSA) is 54.0 Å². The molecular weight excluding hydrogens is 380 g/mol. The Kier molecular flexibility index (Phi) is 5.36. The van der Waals surface area contributed by atoms with E-state index in [0.29, 0.717) is 24.3 Å². The number of hydrogen-bond acceptors (Lipinski definition) is 5. The normalized spacial score (nSPS) is 13.0. The van der Waals surface area contributed by atoms with E-state index < -0.39 is 6.16 Å². The smallest absolute Gasteiger partial charge is 0.496 e. The molecule has 3 aromatic carbocycles. The molecule has 1 heterocycles. The third kappa shape index (κ3) is 3.47. The van der Waals surface area contributed by atoms with Gasteiger partial charge in [-0.25, -0.2) is 4.79 Å².